The molecule has 11 rings (SSSR count). The number of fused-ring (bicyclic) bond motifs is 8. The SMILES string of the molecule is CC(C)(C)c1ccc(N(c2ccc3c(c2)Oc2cc(C(C)(C)C)cc4c2B3c2cc3nonc3cc2N4c2ccccc2)c2cccc3c2-c2ccccc2C3(C)C)cc1. The quantitative estimate of drug-likeness (QED) is 0.166. The average molecular weight is 783 g/mol. The van der Waals surface area contributed by atoms with Crippen LogP contribution in [0.2, 0.25) is 0 Å². The van der Waals surface area contributed by atoms with Crippen molar-refractivity contribution in [3.05, 3.63) is 162 Å². The van der Waals surface area contributed by atoms with Crippen molar-refractivity contribution in [1.29, 1.82) is 0 Å². The third kappa shape index (κ3) is 5.41. The number of hydrogen-bond acceptors (Lipinski definition) is 6. The Bertz CT molecular complexity index is 3030. The van der Waals surface area contributed by atoms with E-state index in [9.17, 15) is 0 Å². The highest BCUT2D eigenvalue weighted by molar-refractivity contribution is 6.99. The Balaban J connectivity index is 1.15. The fourth-order valence-corrected chi connectivity index (χ4v) is 9.90. The molecule has 3 heterocycles. The molecule has 0 radical (unpaired) electrons. The molecule has 0 amide bonds. The summed E-state index contributed by atoms with van der Waals surface area (Å²) in [5.74, 6) is 1.71. The van der Waals surface area contributed by atoms with E-state index in [-0.39, 0.29) is 23.0 Å². The summed E-state index contributed by atoms with van der Waals surface area (Å²) in [4.78, 5) is 4.78. The lowest BCUT2D eigenvalue weighted by molar-refractivity contribution is 0.315. The summed E-state index contributed by atoms with van der Waals surface area (Å²) in [6, 6.07) is 51.1. The first-order valence-corrected chi connectivity index (χ1v) is 21.0. The third-order valence-electron chi connectivity index (χ3n) is 13.1. The zero-order valence-corrected chi connectivity index (χ0v) is 35.5. The fourth-order valence-electron chi connectivity index (χ4n) is 9.90. The van der Waals surface area contributed by atoms with Gasteiger partial charge in [-0.1, -0.05) is 128 Å². The van der Waals surface area contributed by atoms with Crippen molar-refractivity contribution in [2.24, 2.45) is 0 Å². The van der Waals surface area contributed by atoms with Gasteiger partial charge in [-0.25, -0.2) is 4.63 Å². The van der Waals surface area contributed by atoms with Gasteiger partial charge in [-0.3, -0.25) is 0 Å². The highest BCUT2D eigenvalue weighted by Crippen LogP contribution is 2.54. The molecular weight excluding hydrogens is 735 g/mol. The minimum atomic E-state index is -0.137. The smallest absolute Gasteiger partial charge is 0.256 e. The minimum Gasteiger partial charge on any atom is -0.458 e. The maximum atomic E-state index is 7.24. The predicted octanol–water partition coefficient (Wildman–Crippen LogP) is 12.0. The molecule has 3 aliphatic rings. The monoisotopic (exact) mass is 782 g/mol. The van der Waals surface area contributed by atoms with Gasteiger partial charge in [0.25, 0.3) is 6.71 Å². The van der Waals surface area contributed by atoms with Crippen LogP contribution in [0.5, 0.6) is 11.5 Å². The third-order valence-corrected chi connectivity index (χ3v) is 13.1. The maximum Gasteiger partial charge on any atom is 0.256 e. The Hall–Kier alpha value is -6.60. The Kier molecular flexibility index (Phi) is 7.72. The molecule has 1 aliphatic carbocycles. The van der Waals surface area contributed by atoms with Crippen LogP contribution in [0.4, 0.5) is 34.1 Å². The van der Waals surface area contributed by atoms with Gasteiger partial charge in [0.05, 0.1) is 5.69 Å². The topological polar surface area (TPSA) is 54.6 Å². The Morgan fingerprint density at radius 3 is 2.02 bits per heavy atom. The number of aromatic nitrogens is 2. The first kappa shape index (κ1) is 36.5. The largest absolute Gasteiger partial charge is 0.458 e. The van der Waals surface area contributed by atoms with E-state index in [1.165, 1.54) is 33.4 Å². The van der Waals surface area contributed by atoms with E-state index in [1.807, 2.05) is 0 Å². The summed E-state index contributed by atoms with van der Waals surface area (Å²) < 4.78 is 12.6. The molecule has 7 heteroatoms. The summed E-state index contributed by atoms with van der Waals surface area (Å²) in [7, 11) is 0. The van der Waals surface area contributed by atoms with Crippen molar-refractivity contribution in [3.63, 3.8) is 0 Å². The van der Waals surface area contributed by atoms with Crippen LogP contribution < -0.4 is 30.9 Å². The average Bonchev–Trinajstić information content (AvgIpc) is 3.79. The zero-order valence-electron chi connectivity index (χ0n) is 35.5. The van der Waals surface area contributed by atoms with Crippen LogP contribution in [-0.4, -0.2) is 17.0 Å². The molecule has 0 fully saturated rings. The van der Waals surface area contributed by atoms with Gasteiger partial charge in [-0.15, -0.1) is 0 Å². The first-order chi connectivity index (χ1) is 28.8. The fraction of sp³-hybridized carbons (Fsp3) is 0.208. The van der Waals surface area contributed by atoms with Gasteiger partial charge in [-0.2, -0.15) is 0 Å². The molecule has 0 bridgehead atoms. The number of benzene rings is 7. The molecule has 0 N–H and O–H groups in total. The molecule has 0 unspecified atom stereocenters. The second-order valence-electron chi connectivity index (χ2n) is 19.3. The van der Waals surface area contributed by atoms with E-state index in [0.29, 0.717) is 0 Å². The van der Waals surface area contributed by atoms with Crippen molar-refractivity contribution in [3.8, 4) is 22.6 Å². The van der Waals surface area contributed by atoms with Crippen LogP contribution in [0.1, 0.15) is 77.6 Å². The minimum absolute atomic E-state index is 0.0259. The second kappa shape index (κ2) is 12.7. The summed E-state index contributed by atoms with van der Waals surface area (Å²) >= 11 is 0. The lowest BCUT2D eigenvalue weighted by atomic mass is 9.34. The van der Waals surface area contributed by atoms with Crippen LogP contribution in [0.3, 0.4) is 0 Å². The molecule has 6 nitrogen and oxygen atoms in total. The van der Waals surface area contributed by atoms with E-state index < -0.39 is 0 Å². The predicted molar refractivity (Wildman–Crippen MR) is 247 cm³/mol. The molecule has 0 atom stereocenters. The molecule has 1 aromatic heterocycles. The van der Waals surface area contributed by atoms with Crippen LogP contribution in [0.15, 0.2) is 144 Å². The Morgan fingerprint density at radius 2 is 1.27 bits per heavy atom. The number of rotatable bonds is 4. The maximum absolute atomic E-state index is 7.24. The van der Waals surface area contributed by atoms with Crippen LogP contribution in [0, 0.1) is 0 Å². The second-order valence-corrected chi connectivity index (χ2v) is 19.3. The van der Waals surface area contributed by atoms with Gasteiger partial charge in [-0.05, 0) is 126 Å². The molecule has 60 heavy (non-hydrogen) atoms. The highest BCUT2D eigenvalue weighted by Gasteiger charge is 2.44. The molecular formula is C53H47BN4O2. The molecule has 8 aromatic rings. The van der Waals surface area contributed by atoms with Crippen molar-refractivity contribution in [2.75, 3.05) is 9.80 Å². The van der Waals surface area contributed by atoms with E-state index in [4.69, 9.17) is 9.37 Å². The lowest BCUT2D eigenvalue weighted by Gasteiger charge is -2.41. The summed E-state index contributed by atoms with van der Waals surface area (Å²) in [6.45, 7) is 18.2. The first-order valence-electron chi connectivity index (χ1n) is 21.0. The number of ether oxygens (including phenoxy) is 1. The van der Waals surface area contributed by atoms with Crippen molar-refractivity contribution in [2.45, 2.75) is 71.6 Å². The van der Waals surface area contributed by atoms with Crippen LogP contribution in [0.25, 0.3) is 22.2 Å². The van der Waals surface area contributed by atoms with Gasteiger partial charge in [0, 0.05) is 45.5 Å². The van der Waals surface area contributed by atoms with Gasteiger partial charge in [0.2, 0.25) is 0 Å². The summed E-state index contributed by atoms with van der Waals surface area (Å²) in [5, 5.41) is 8.64. The van der Waals surface area contributed by atoms with Gasteiger partial charge < -0.3 is 14.5 Å². The van der Waals surface area contributed by atoms with Crippen LogP contribution in [-0.2, 0) is 16.2 Å². The number of nitrogens with zero attached hydrogens (tertiary/aromatic N) is 4. The Labute approximate surface area is 352 Å². The van der Waals surface area contributed by atoms with Crippen molar-refractivity contribution in [1.82, 2.24) is 10.3 Å². The molecule has 0 saturated carbocycles. The Morgan fingerprint density at radius 1 is 0.583 bits per heavy atom. The molecule has 7 aromatic carbocycles. The van der Waals surface area contributed by atoms with E-state index >= 15 is 0 Å². The molecule has 0 saturated heterocycles. The van der Waals surface area contributed by atoms with Crippen molar-refractivity contribution >= 4 is 68.3 Å². The van der Waals surface area contributed by atoms with Gasteiger partial charge in [0.15, 0.2) is 0 Å². The highest BCUT2D eigenvalue weighted by atomic mass is 16.6. The van der Waals surface area contributed by atoms with E-state index in [1.54, 1.807) is 0 Å². The van der Waals surface area contributed by atoms with Crippen LogP contribution >= 0.6 is 0 Å². The van der Waals surface area contributed by atoms with E-state index in [2.05, 4.69) is 215 Å². The van der Waals surface area contributed by atoms with Crippen molar-refractivity contribution < 1.29 is 9.37 Å². The van der Waals surface area contributed by atoms with Gasteiger partial charge in [0.1, 0.15) is 22.5 Å². The molecule has 0 spiro atoms. The number of para-hydroxylation sites is 1. The lowest BCUT2D eigenvalue weighted by Crippen LogP contribution is -2.59. The standard InChI is InChI=1S/C53H47BN4O2/c1-51(2,3)32-21-23-35(24-22-32)57(44-20-14-19-39-49(44)37-17-12-13-18-38(37)53(39,7)8)36-25-26-40-47(29-36)59-48-28-33(52(4,5)6)27-46-50(48)54(40)41-30-42-43(56-60-55-42)31-45(41)58(46)34-15-10-9-11-16-34/h9-31H,1-8H3. The normalized spacial score (nSPS) is 14.5. The number of hydrogen-bond donors (Lipinski definition) is 0. The number of anilines is 6. The zero-order chi connectivity index (χ0) is 41.3. The molecule has 294 valence electrons. The van der Waals surface area contributed by atoms with Gasteiger partial charge >= 0.3 is 0 Å². The summed E-state index contributed by atoms with van der Waals surface area (Å²) in [6.07, 6.45) is 0. The van der Waals surface area contributed by atoms with E-state index in [0.717, 1.165) is 73.0 Å². The molecule has 2 aliphatic heterocycles. The summed E-state index contributed by atoms with van der Waals surface area (Å²) in [5.41, 5.74) is 18.8.